The standard InChI is InChI=1S/C22H22ClF3N2O3/c1-12(21(30)31)9-14-3-4-16(11-27)18(10-14)28-20(29)19(13(2)22(24,25)26)15-5-7-17(23)8-6-15/h3-5,7-8,10,12-13,15,19H,6,9H2,1-2H3,(H,28,29)(H,30,31)/t12?,13-,15?,19+/m1/s1. The number of carbonyl (C=O) groups is 2. The summed E-state index contributed by atoms with van der Waals surface area (Å²) in [6.07, 6.45) is 0.233. The molecular formula is C22H22ClF3N2O3. The third-order valence-corrected chi connectivity index (χ3v) is 5.61. The van der Waals surface area contributed by atoms with Gasteiger partial charge in [-0.2, -0.15) is 18.4 Å². The second kappa shape index (κ2) is 10.0. The third-order valence-electron chi connectivity index (χ3n) is 5.33. The Morgan fingerprint density at radius 2 is 2.03 bits per heavy atom. The van der Waals surface area contributed by atoms with Crippen LogP contribution in [0.15, 0.2) is 41.5 Å². The number of allylic oxidation sites excluding steroid dienone is 4. The molecule has 1 aromatic rings. The zero-order valence-electron chi connectivity index (χ0n) is 16.9. The van der Waals surface area contributed by atoms with Crippen molar-refractivity contribution in [2.45, 2.75) is 32.9 Å². The second-order valence-electron chi connectivity index (χ2n) is 7.63. The summed E-state index contributed by atoms with van der Waals surface area (Å²) >= 11 is 5.86. The number of carbonyl (C=O) groups excluding carboxylic acids is 1. The fourth-order valence-electron chi connectivity index (χ4n) is 3.45. The van der Waals surface area contributed by atoms with E-state index in [9.17, 15) is 28.0 Å². The Balaban J connectivity index is 2.35. The molecule has 0 bridgehead atoms. The molecule has 0 saturated heterocycles. The van der Waals surface area contributed by atoms with Crippen LogP contribution >= 0.6 is 11.6 Å². The van der Waals surface area contributed by atoms with Gasteiger partial charge in [0.05, 0.1) is 29.0 Å². The second-order valence-corrected chi connectivity index (χ2v) is 8.06. The molecule has 2 unspecified atom stereocenters. The summed E-state index contributed by atoms with van der Waals surface area (Å²) in [5.74, 6) is -6.69. The number of aliphatic carboxylic acids is 1. The number of anilines is 1. The van der Waals surface area contributed by atoms with E-state index < -0.39 is 41.7 Å². The van der Waals surface area contributed by atoms with Crippen LogP contribution in [-0.2, 0) is 16.0 Å². The first-order chi connectivity index (χ1) is 14.4. The number of hydrogen-bond donors (Lipinski definition) is 2. The van der Waals surface area contributed by atoms with Crippen LogP contribution in [0.1, 0.15) is 31.4 Å². The monoisotopic (exact) mass is 454 g/mol. The number of halogens is 4. The van der Waals surface area contributed by atoms with Crippen molar-refractivity contribution in [1.82, 2.24) is 0 Å². The van der Waals surface area contributed by atoms with Crippen LogP contribution in [0.25, 0.3) is 0 Å². The van der Waals surface area contributed by atoms with Gasteiger partial charge in [-0.3, -0.25) is 9.59 Å². The highest BCUT2D eigenvalue weighted by molar-refractivity contribution is 6.31. The predicted octanol–water partition coefficient (Wildman–Crippen LogP) is 5.27. The Labute approximate surface area is 183 Å². The van der Waals surface area contributed by atoms with E-state index in [4.69, 9.17) is 16.7 Å². The molecule has 1 aliphatic rings. The van der Waals surface area contributed by atoms with E-state index in [1.807, 2.05) is 6.07 Å². The summed E-state index contributed by atoms with van der Waals surface area (Å²) in [7, 11) is 0. The maximum absolute atomic E-state index is 13.5. The molecule has 0 radical (unpaired) electrons. The molecule has 9 heteroatoms. The molecular weight excluding hydrogens is 433 g/mol. The lowest BCUT2D eigenvalue weighted by molar-refractivity contribution is -0.188. The fourth-order valence-corrected chi connectivity index (χ4v) is 3.61. The summed E-state index contributed by atoms with van der Waals surface area (Å²) in [6, 6.07) is 6.29. The first-order valence-corrected chi connectivity index (χ1v) is 9.99. The Kier molecular flexibility index (Phi) is 7.91. The van der Waals surface area contributed by atoms with Gasteiger partial charge in [-0.25, -0.2) is 0 Å². The quantitative estimate of drug-likeness (QED) is 0.587. The molecule has 31 heavy (non-hydrogen) atoms. The van der Waals surface area contributed by atoms with Gasteiger partial charge in [0.2, 0.25) is 5.91 Å². The molecule has 0 aliphatic heterocycles. The highest BCUT2D eigenvalue weighted by atomic mass is 35.5. The summed E-state index contributed by atoms with van der Waals surface area (Å²) < 4.78 is 40.5. The number of rotatable bonds is 7. The molecule has 0 aromatic heterocycles. The minimum absolute atomic E-state index is 0.0512. The summed E-state index contributed by atoms with van der Waals surface area (Å²) in [5, 5.41) is 21.3. The predicted molar refractivity (Wildman–Crippen MR) is 110 cm³/mol. The van der Waals surface area contributed by atoms with E-state index in [1.165, 1.54) is 31.2 Å². The van der Waals surface area contributed by atoms with Crippen molar-refractivity contribution in [2.24, 2.45) is 23.7 Å². The number of benzene rings is 1. The number of nitrogens with one attached hydrogen (secondary N) is 1. The number of carboxylic acid groups (broad SMARTS) is 1. The van der Waals surface area contributed by atoms with Gasteiger partial charge in [0.25, 0.3) is 0 Å². The van der Waals surface area contributed by atoms with Crippen LogP contribution in [-0.4, -0.2) is 23.2 Å². The molecule has 0 fully saturated rings. The summed E-state index contributed by atoms with van der Waals surface area (Å²) in [6.45, 7) is 2.46. The Bertz CT molecular complexity index is 950. The fraction of sp³-hybridized carbons (Fsp3) is 0.409. The van der Waals surface area contributed by atoms with Gasteiger partial charge < -0.3 is 10.4 Å². The highest BCUT2D eigenvalue weighted by Gasteiger charge is 2.46. The lowest BCUT2D eigenvalue weighted by Gasteiger charge is -2.31. The zero-order valence-corrected chi connectivity index (χ0v) is 17.7. The normalized spacial score (nSPS) is 19.0. The van der Waals surface area contributed by atoms with Crippen molar-refractivity contribution in [1.29, 1.82) is 5.26 Å². The molecule has 5 nitrogen and oxygen atoms in total. The van der Waals surface area contributed by atoms with Gasteiger partial charge in [-0.15, -0.1) is 0 Å². The minimum atomic E-state index is -4.60. The molecule has 2 N–H and O–H groups in total. The third kappa shape index (κ3) is 6.34. The first kappa shape index (κ1) is 24.5. The molecule has 1 aliphatic carbocycles. The molecule has 0 spiro atoms. The Morgan fingerprint density at radius 3 is 2.55 bits per heavy atom. The van der Waals surface area contributed by atoms with Crippen LogP contribution < -0.4 is 5.32 Å². The number of amides is 1. The van der Waals surface area contributed by atoms with Crippen molar-refractivity contribution in [3.63, 3.8) is 0 Å². The van der Waals surface area contributed by atoms with Gasteiger partial charge in [0, 0.05) is 5.03 Å². The zero-order chi connectivity index (χ0) is 23.3. The van der Waals surface area contributed by atoms with Crippen LogP contribution in [0.4, 0.5) is 18.9 Å². The topological polar surface area (TPSA) is 90.2 Å². The van der Waals surface area contributed by atoms with Gasteiger partial charge in [-0.05, 0) is 42.5 Å². The number of carboxylic acids is 1. The maximum Gasteiger partial charge on any atom is 0.392 e. The van der Waals surface area contributed by atoms with Crippen molar-refractivity contribution in [3.8, 4) is 6.07 Å². The largest absolute Gasteiger partial charge is 0.481 e. The van der Waals surface area contributed by atoms with E-state index >= 15 is 0 Å². The number of hydrogen-bond acceptors (Lipinski definition) is 3. The smallest absolute Gasteiger partial charge is 0.392 e. The molecule has 4 atom stereocenters. The van der Waals surface area contributed by atoms with E-state index in [2.05, 4.69) is 5.32 Å². The maximum atomic E-state index is 13.5. The van der Waals surface area contributed by atoms with Gasteiger partial charge in [0.15, 0.2) is 0 Å². The van der Waals surface area contributed by atoms with Crippen LogP contribution in [0.5, 0.6) is 0 Å². The highest BCUT2D eigenvalue weighted by Crippen LogP contribution is 2.39. The van der Waals surface area contributed by atoms with Crippen LogP contribution in [0.2, 0.25) is 0 Å². The molecule has 1 aromatic carbocycles. The van der Waals surface area contributed by atoms with Crippen molar-refractivity contribution in [2.75, 3.05) is 5.32 Å². The number of nitriles is 1. The summed E-state index contributed by atoms with van der Waals surface area (Å²) in [4.78, 5) is 24.1. The molecule has 1 amide bonds. The lowest BCUT2D eigenvalue weighted by Crippen LogP contribution is -2.40. The van der Waals surface area contributed by atoms with Crippen LogP contribution in [0.3, 0.4) is 0 Å². The molecule has 166 valence electrons. The SMILES string of the molecule is CC(Cc1ccc(C#N)c(NC(=O)[C@H](C2C=CC(Cl)=CC2)[C@@H](C)C(F)(F)F)c1)C(=O)O. The van der Waals surface area contributed by atoms with E-state index in [0.717, 1.165) is 6.92 Å². The summed E-state index contributed by atoms with van der Waals surface area (Å²) in [5.41, 5.74) is 0.660. The molecule has 2 rings (SSSR count). The minimum Gasteiger partial charge on any atom is -0.481 e. The van der Waals surface area contributed by atoms with Gasteiger partial charge in [0.1, 0.15) is 6.07 Å². The Morgan fingerprint density at radius 1 is 1.35 bits per heavy atom. The van der Waals surface area contributed by atoms with Crippen molar-refractivity contribution < 1.29 is 27.9 Å². The van der Waals surface area contributed by atoms with E-state index in [0.29, 0.717) is 10.6 Å². The van der Waals surface area contributed by atoms with E-state index in [1.54, 1.807) is 12.1 Å². The van der Waals surface area contributed by atoms with Crippen molar-refractivity contribution >= 4 is 29.2 Å². The molecule has 0 heterocycles. The Hall–Kier alpha value is -2.79. The number of alkyl halides is 3. The van der Waals surface area contributed by atoms with Gasteiger partial charge in [-0.1, -0.05) is 43.7 Å². The van der Waals surface area contributed by atoms with E-state index in [-0.39, 0.29) is 24.1 Å². The average Bonchev–Trinajstić information content (AvgIpc) is 2.69. The van der Waals surface area contributed by atoms with Gasteiger partial charge >= 0.3 is 12.1 Å². The lowest BCUT2D eigenvalue weighted by atomic mass is 9.78. The van der Waals surface area contributed by atoms with Crippen molar-refractivity contribution in [3.05, 3.63) is 52.6 Å². The van der Waals surface area contributed by atoms with Crippen LogP contribution in [0, 0.1) is 35.0 Å². The molecule has 0 saturated carbocycles. The average molecular weight is 455 g/mol. The number of nitrogens with zero attached hydrogens (tertiary/aromatic N) is 1. The first-order valence-electron chi connectivity index (χ1n) is 9.61.